The summed E-state index contributed by atoms with van der Waals surface area (Å²) in [5.74, 6) is -1.09. The molecule has 3 heteroatoms. The Morgan fingerprint density at radius 3 is 2.76 bits per heavy atom. The quantitative estimate of drug-likeness (QED) is 0.428. The van der Waals surface area contributed by atoms with Crippen molar-refractivity contribution in [3.8, 4) is 0 Å². The third kappa shape index (κ3) is 2.65. The van der Waals surface area contributed by atoms with Gasteiger partial charge in [0.2, 0.25) is 0 Å². The summed E-state index contributed by atoms with van der Waals surface area (Å²) >= 11 is 0. The molecule has 17 heavy (non-hydrogen) atoms. The molecule has 2 aliphatic rings. The highest BCUT2D eigenvalue weighted by atomic mass is 16.6. The maximum atomic E-state index is 11.5. The zero-order chi connectivity index (χ0) is 12.4. The fourth-order valence-electron chi connectivity index (χ4n) is 2.47. The Bertz CT molecular complexity index is 400. The Labute approximate surface area is 102 Å². The zero-order valence-corrected chi connectivity index (χ0v) is 10.4. The number of allylic oxidation sites excluding steroid dienone is 4. The third-order valence-electron chi connectivity index (χ3n) is 3.45. The molecule has 1 aliphatic heterocycles. The van der Waals surface area contributed by atoms with Crippen LogP contribution in [0.5, 0.6) is 0 Å². The van der Waals surface area contributed by atoms with Crippen molar-refractivity contribution in [1.82, 2.24) is 0 Å². The van der Waals surface area contributed by atoms with Crippen molar-refractivity contribution >= 4 is 11.9 Å². The Balaban J connectivity index is 1.95. The van der Waals surface area contributed by atoms with E-state index in [9.17, 15) is 9.59 Å². The summed E-state index contributed by atoms with van der Waals surface area (Å²) in [7, 11) is 0. The number of carbonyl (C=O) groups excluding carboxylic acids is 2. The molecule has 1 fully saturated rings. The molecule has 2 atom stereocenters. The number of hydrogen-bond donors (Lipinski definition) is 0. The molecule has 0 aromatic heterocycles. The third-order valence-corrected chi connectivity index (χ3v) is 3.45. The van der Waals surface area contributed by atoms with Crippen LogP contribution in [-0.4, -0.2) is 11.9 Å². The van der Waals surface area contributed by atoms with E-state index in [1.54, 1.807) is 0 Å². The first-order valence-corrected chi connectivity index (χ1v) is 6.14. The van der Waals surface area contributed by atoms with Gasteiger partial charge < -0.3 is 4.74 Å². The summed E-state index contributed by atoms with van der Waals surface area (Å²) in [6, 6.07) is 0. The van der Waals surface area contributed by atoms with Crippen LogP contribution < -0.4 is 0 Å². The fourth-order valence-corrected chi connectivity index (χ4v) is 2.47. The lowest BCUT2D eigenvalue weighted by molar-refractivity contribution is -0.153. The lowest BCUT2D eigenvalue weighted by Gasteiger charge is -2.20. The largest absolute Gasteiger partial charge is 0.393 e. The van der Waals surface area contributed by atoms with E-state index in [1.807, 2.05) is 0 Å². The van der Waals surface area contributed by atoms with Gasteiger partial charge in [-0.05, 0) is 39.5 Å². The first-order chi connectivity index (χ1) is 8.08. The minimum absolute atomic E-state index is 0.213. The lowest BCUT2D eigenvalue weighted by atomic mass is 9.80. The van der Waals surface area contributed by atoms with Crippen molar-refractivity contribution in [3.63, 3.8) is 0 Å². The van der Waals surface area contributed by atoms with E-state index in [4.69, 9.17) is 0 Å². The van der Waals surface area contributed by atoms with Crippen molar-refractivity contribution in [2.75, 3.05) is 0 Å². The highest BCUT2D eigenvalue weighted by Crippen LogP contribution is 2.37. The van der Waals surface area contributed by atoms with Gasteiger partial charge in [0.15, 0.2) is 0 Å². The Hall–Kier alpha value is -1.38. The van der Waals surface area contributed by atoms with Crippen molar-refractivity contribution in [1.29, 1.82) is 0 Å². The van der Waals surface area contributed by atoms with Gasteiger partial charge in [-0.3, -0.25) is 9.59 Å². The number of carbonyl (C=O) groups is 2. The molecule has 0 aromatic rings. The smallest absolute Gasteiger partial charge is 0.317 e. The summed E-state index contributed by atoms with van der Waals surface area (Å²) in [5, 5.41) is 0. The second-order valence-corrected chi connectivity index (χ2v) is 5.08. The van der Waals surface area contributed by atoms with Crippen molar-refractivity contribution < 1.29 is 14.3 Å². The zero-order valence-electron chi connectivity index (χ0n) is 10.4. The van der Waals surface area contributed by atoms with E-state index in [1.165, 1.54) is 11.1 Å². The molecular formula is C14H18O3. The number of hydrogen-bond acceptors (Lipinski definition) is 3. The Morgan fingerprint density at radius 1 is 1.35 bits per heavy atom. The summed E-state index contributed by atoms with van der Waals surface area (Å²) in [4.78, 5) is 22.8. The van der Waals surface area contributed by atoms with E-state index in [-0.39, 0.29) is 23.8 Å². The molecule has 0 amide bonds. The molecule has 92 valence electrons. The van der Waals surface area contributed by atoms with Crippen LogP contribution in [-0.2, 0) is 14.3 Å². The maximum absolute atomic E-state index is 11.5. The van der Waals surface area contributed by atoms with Gasteiger partial charge in [-0.15, -0.1) is 0 Å². The minimum Gasteiger partial charge on any atom is -0.393 e. The summed E-state index contributed by atoms with van der Waals surface area (Å²) in [6.45, 7) is 4.16. The predicted octanol–water partition coefficient (Wildman–Crippen LogP) is 2.77. The number of rotatable bonds is 3. The molecule has 1 saturated heterocycles. The maximum Gasteiger partial charge on any atom is 0.317 e. The molecule has 0 radical (unpaired) electrons. The summed E-state index contributed by atoms with van der Waals surface area (Å²) in [5.41, 5.74) is 2.60. The molecule has 0 unspecified atom stereocenters. The molecule has 0 N–H and O–H groups in total. The SMILES string of the molecule is CC(C)=CCCC1=CC[C@H]2C(=O)OC(=O)[C@@H]2C1. The molecule has 2 rings (SSSR count). The predicted molar refractivity (Wildman–Crippen MR) is 64.1 cm³/mol. The van der Waals surface area contributed by atoms with Crippen molar-refractivity contribution in [2.45, 2.75) is 39.5 Å². The van der Waals surface area contributed by atoms with Crippen LogP contribution in [0.1, 0.15) is 39.5 Å². The van der Waals surface area contributed by atoms with Crippen molar-refractivity contribution in [3.05, 3.63) is 23.3 Å². The van der Waals surface area contributed by atoms with E-state index in [0.717, 1.165) is 12.8 Å². The van der Waals surface area contributed by atoms with Crippen molar-refractivity contribution in [2.24, 2.45) is 11.8 Å². The number of cyclic esters (lactones) is 2. The molecular weight excluding hydrogens is 216 g/mol. The second-order valence-electron chi connectivity index (χ2n) is 5.08. The summed E-state index contributed by atoms with van der Waals surface area (Å²) < 4.78 is 4.68. The minimum atomic E-state index is -0.334. The highest BCUT2D eigenvalue weighted by molar-refractivity contribution is 5.96. The van der Waals surface area contributed by atoms with Crippen LogP contribution in [0.2, 0.25) is 0 Å². The van der Waals surface area contributed by atoms with E-state index in [2.05, 4.69) is 30.7 Å². The van der Waals surface area contributed by atoms with E-state index in [0.29, 0.717) is 12.8 Å². The van der Waals surface area contributed by atoms with Crippen LogP contribution in [0.15, 0.2) is 23.3 Å². The normalized spacial score (nSPS) is 27.3. The molecule has 0 aromatic carbocycles. The lowest BCUT2D eigenvalue weighted by Crippen LogP contribution is -2.21. The number of fused-ring (bicyclic) bond motifs is 1. The van der Waals surface area contributed by atoms with Gasteiger partial charge >= 0.3 is 11.9 Å². The molecule has 3 nitrogen and oxygen atoms in total. The molecule has 0 bridgehead atoms. The van der Waals surface area contributed by atoms with Gasteiger partial charge in [-0.1, -0.05) is 23.3 Å². The number of esters is 2. The van der Waals surface area contributed by atoms with Gasteiger partial charge in [-0.25, -0.2) is 0 Å². The van der Waals surface area contributed by atoms with Gasteiger partial charge in [0.1, 0.15) is 0 Å². The fraction of sp³-hybridized carbons (Fsp3) is 0.571. The van der Waals surface area contributed by atoms with Gasteiger partial charge in [0, 0.05) is 0 Å². The Kier molecular flexibility index (Phi) is 3.46. The number of ether oxygens (including phenoxy) is 1. The van der Waals surface area contributed by atoms with Crippen LogP contribution >= 0.6 is 0 Å². The standard InChI is InChI=1S/C14H18O3/c1-9(2)4-3-5-10-6-7-11-12(8-10)14(16)17-13(11)15/h4,6,11-12H,3,5,7-8H2,1-2H3/t11-,12-/m1/s1. The first-order valence-electron chi connectivity index (χ1n) is 6.14. The van der Waals surface area contributed by atoms with Gasteiger partial charge in [0.05, 0.1) is 11.8 Å². The van der Waals surface area contributed by atoms with Gasteiger partial charge in [0.25, 0.3) is 0 Å². The average Bonchev–Trinajstić information content (AvgIpc) is 2.54. The van der Waals surface area contributed by atoms with E-state index < -0.39 is 0 Å². The van der Waals surface area contributed by atoms with Crippen LogP contribution in [0.4, 0.5) is 0 Å². The average molecular weight is 234 g/mol. The van der Waals surface area contributed by atoms with Crippen LogP contribution in [0.25, 0.3) is 0 Å². The van der Waals surface area contributed by atoms with E-state index >= 15 is 0 Å². The summed E-state index contributed by atoms with van der Waals surface area (Å²) in [6.07, 6.45) is 7.67. The molecule has 0 saturated carbocycles. The second kappa shape index (κ2) is 4.86. The highest BCUT2D eigenvalue weighted by Gasteiger charge is 2.45. The molecule has 1 aliphatic carbocycles. The molecule has 0 spiro atoms. The van der Waals surface area contributed by atoms with Crippen LogP contribution in [0.3, 0.4) is 0 Å². The van der Waals surface area contributed by atoms with Gasteiger partial charge in [-0.2, -0.15) is 0 Å². The molecule has 1 heterocycles. The Morgan fingerprint density at radius 2 is 2.06 bits per heavy atom. The first kappa shape index (κ1) is 12.1. The topological polar surface area (TPSA) is 43.4 Å². The monoisotopic (exact) mass is 234 g/mol. The van der Waals surface area contributed by atoms with Crippen LogP contribution in [0, 0.1) is 11.8 Å².